The number of hydrogen-bond acceptors (Lipinski definition) is 1. The summed E-state index contributed by atoms with van der Waals surface area (Å²) in [5.74, 6) is -0.255. The van der Waals surface area contributed by atoms with Gasteiger partial charge in [0.05, 0.1) is 5.56 Å². The second-order valence-corrected chi connectivity index (χ2v) is 4.95. The zero-order valence-corrected chi connectivity index (χ0v) is 10.9. The quantitative estimate of drug-likeness (QED) is 0.840. The van der Waals surface area contributed by atoms with Crippen LogP contribution in [0.5, 0.6) is 0 Å². The van der Waals surface area contributed by atoms with E-state index in [9.17, 15) is 18.0 Å². The van der Waals surface area contributed by atoms with Gasteiger partial charge in [-0.3, -0.25) is 4.79 Å². The topological polar surface area (TPSA) is 29.1 Å². The molecule has 0 heterocycles. The molecule has 2 nitrogen and oxygen atoms in total. The van der Waals surface area contributed by atoms with Gasteiger partial charge in [0.1, 0.15) is 0 Å². The highest BCUT2D eigenvalue weighted by molar-refractivity contribution is 5.91. The molecular weight excluding hydrogens is 267 g/mol. The van der Waals surface area contributed by atoms with Crippen LogP contribution in [-0.2, 0) is 11.0 Å². The Morgan fingerprint density at radius 2 is 1.95 bits per heavy atom. The zero-order valence-electron chi connectivity index (χ0n) is 10.9. The molecule has 1 amide bonds. The first-order chi connectivity index (χ1) is 9.45. The monoisotopic (exact) mass is 283 g/mol. The van der Waals surface area contributed by atoms with Crippen LogP contribution in [0.2, 0.25) is 0 Å². The Hall–Kier alpha value is -1.78. The number of nitrogens with one attached hydrogen (secondary N) is 1. The zero-order chi connectivity index (χ0) is 14.6. The third-order valence-corrected chi connectivity index (χ3v) is 3.34. The maximum absolute atomic E-state index is 12.5. The molecule has 1 aromatic rings. The van der Waals surface area contributed by atoms with Crippen molar-refractivity contribution in [1.82, 2.24) is 5.32 Å². The van der Waals surface area contributed by atoms with Gasteiger partial charge in [-0.1, -0.05) is 25.0 Å². The maximum atomic E-state index is 12.5. The molecule has 0 unspecified atom stereocenters. The fourth-order valence-corrected chi connectivity index (χ4v) is 2.31. The van der Waals surface area contributed by atoms with E-state index in [0.29, 0.717) is 5.56 Å². The molecule has 0 atom stereocenters. The van der Waals surface area contributed by atoms with E-state index in [1.807, 2.05) is 0 Å². The smallest absolute Gasteiger partial charge is 0.350 e. The second-order valence-electron chi connectivity index (χ2n) is 4.95. The number of hydrogen-bond donors (Lipinski definition) is 1. The lowest BCUT2D eigenvalue weighted by Crippen LogP contribution is -2.30. The third kappa shape index (κ3) is 4.11. The Kier molecular flexibility index (Phi) is 4.47. The largest absolute Gasteiger partial charge is 0.416 e. The Labute approximate surface area is 115 Å². The SMILES string of the molecule is O=C(/C=C/c1cccc(C(F)(F)F)c1)NC1CCCC1. The van der Waals surface area contributed by atoms with Gasteiger partial charge < -0.3 is 5.32 Å². The van der Waals surface area contributed by atoms with Crippen LogP contribution in [0.3, 0.4) is 0 Å². The number of carbonyl (C=O) groups is 1. The van der Waals surface area contributed by atoms with Gasteiger partial charge in [0.15, 0.2) is 0 Å². The van der Waals surface area contributed by atoms with Gasteiger partial charge in [0.2, 0.25) is 5.91 Å². The van der Waals surface area contributed by atoms with E-state index in [-0.39, 0.29) is 11.9 Å². The molecule has 1 fully saturated rings. The fraction of sp³-hybridized carbons (Fsp3) is 0.400. The molecule has 0 radical (unpaired) electrons. The molecule has 1 aliphatic carbocycles. The van der Waals surface area contributed by atoms with E-state index in [4.69, 9.17) is 0 Å². The minimum Gasteiger partial charge on any atom is -0.350 e. The molecule has 1 saturated carbocycles. The minimum atomic E-state index is -4.37. The number of halogens is 3. The van der Waals surface area contributed by atoms with Gasteiger partial charge in [-0.05, 0) is 36.6 Å². The third-order valence-electron chi connectivity index (χ3n) is 3.34. The summed E-state index contributed by atoms with van der Waals surface area (Å²) in [6.45, 7) is 0. The van der Waals surface area contributed by atoms with Crippen LogP contribution >= 0.6 is 0 Å². The van der Waals surface area contributed by atoms with Gasteiger partial charge in [-0.15, -0.1) is 0 Å². The summed E-state index contributed by atoms with van der Waals surface area (Å²) in [7, 11) is 0. The van der Waals surface area contributed by atoms with Crippen molar-refractivity contribution in [3.05, 3.63) is 41.5 Å². The standard InChI is InChI=1S/C15H16F3NO/c16-15(17,18)12-5-3-4-11(10-12)8-9-14(20)19-13-6-1-2-7-13/h3-5,8-10,13H,1-2,6-7H2,(H,19,20)/b9-8+. The Morgan fingerprint density at radius 3 is 2.60 bits per heavy atom. The van der Waals surface area contributed by atoms with Crippen LogP contribution in [0, 0.1) is 0 Å². The summed E-state index contributed by atoms with van der Waals surface area (Å²) in [4.78, 5) is 11.6. The Bertz CT molecular complexity index is 502. The maximum Gasteiger partial charge on any atom is 0.416 e. The molecule has 0 bridgehead atoms. The first-order valence-corrected chi connectivity index (χ1v) is 6.61. The molecule has 1 aromatic carbocycles. The number of benzene rings is 1. The highest BCUT2D eigenvalue weighted by Crippen LogP contribution is 2.29. The van der Waals surface area contributed by atoms with Crippen molar-refractivity contribution in [3.8, 4) is 0 Å². The van der Waals surface area contributed by atoms with Gasteiger partial charge in [-0.25, -0.2) is 0 Å². The highest BCUT2D eigenvalue weighted by Gasteiger charge is 2.30. The van der Waals surface area contributed by atoms with Crippen molar-refractivity contribution in [2.45, 2.75) is 37.9 Å². The number of carbonyl (C=O) groups excluding carboxylic acids is 1. The fourth-order valence-electron chi connectivity index (χ4n) is 2.31. The van der Waals surface area contributed by atoms with Crippen molar-refractivity contribution in [2.75, 3.05) is 0 Å². The minimum absolute atomic E-state index is 0.202. The van der Waals surface area contributed by atoms with E-state index in [2.05, 4.69) is 5.32 Å². The summed E-state index contributed by atoms with van der Waals surface area (Å²) >= 11 is 0. The molecule has 2 rings (SSSR count). The van der Waals surface area contributed by atoms with Crippen molar-refractivity contribution >= 4 is 12.0 Å². The average Bonchev–Trinajstić information content (AvgIpc) is 2.88. The first kappa shape index (κ1) is 14.6. The Balaban J connectivity index is 1.98. The summed E-state index contributed by atoms with van der Waals surface area (Å²) in [5.41, 5.74) is -0.350. The molecule has 1 aliphatic rings. The number of amides is 1. The average molecular weight is 283 g/mol. The van der Waals surface area contributed by atoms with E-state index in [0.717, 1.165) is 37.8 Å². The molecule has 0 aromatic heterocycles. The molecule has 0 spiro atoms. The highest BCUT2D eigenvalue weighted by atomic mass is 19.4. The van der Waals surface area contributed by atoms with Gasteiger partial charge >= 0.3 is 6.18 Å². The summed E-state index contributed by atoms with van der Waals surface area (Å²) in [6, 6.07) is 5.11. The van der Waals surface area contributed by atoms with Crippen LogP contribution in [0.15, 0.2) is 30.3 Å². The molecular formula is C15H16F3NO. The summed E-state index contributed by atoms with van der Waals surface area (Å²) < 4.78 is 37.6. The van der Waals surface area contributed by atoms with E-state index in [1.54, 1.807) is 0 Å². The van der Waals surface area contributed by atoms with Crippen LogP contribution in [0.25, 0.3) is 6.08 Å². The number of alkyl halides is 3. The molecule has 20 heavy (non-hydrogen) atoms. The van der Waals surface area contributed by atoms with Crippen LogP contribution < -0.4 is 5.32 Å². The lowest BCUT2D eigenvalue weighted by atomic mass is 10.1. The lowest BCUT2D eigenvalue weighted by molar-refractivity contribution is -0.137. The van der Waals surface area contributed by atoms with Crippen molar-refractivity contribution < 1.29 is 18.0 Å². The van der Waals surface area contributed by atoms with E-state index in [1.165, 1.54) is 24.3 Å². The summed E-state index contributed by atoms with van der Waals surface area (Å²) in [5, 5.41) is 2.85. The van der Waals surface area contributed by atoms with E-state index >= 15 is 0 Å². The Morgan fingerprint density at radius 1 is 1.25 bits per heavy atom. The van der Waals surface area contributed by atoms with Gasteiger partial charge in [0, 0.05) is 12.1 Å². The predicted molar refractivity (Wildman–Crippen MR) is 70.9 cm³/mol. The molecule has 0 aliphatic heterocycles. The lowest BCUT2D eigenvalue weighted by Gasteiger charge is -2.09. The van der Waals surface area contributed by atoms with Crippen LogP contribution in [0.1, 0.15) is 36.8 Å². The second kappa shape index (κ2) is 6.11. The van der Waals surface area contributed by atoms with Gasteiger partial charge in [-0.2, -0.15) is 13.2 Å². The van der Waals surface area contributed by atoms with E-state index < -0.39 is 11.7 Å². The normalized spacial score (nSPS) is 16.8. The molecule has 1 N–H and O–H groups in total. The predicted octanol–water partition coefficient (Wildman–Crippen LogP) is 3.78. The van der Waals surface area contributed by atoms with Crippen molar-refractivity contribution in [1.29, 1.82) is 0 Å². The summed E-state index contributed by atoms with van der Waals surface area (Å²) in [6.07, 6.45) is 2.50. The molecule has 0 saturated heterocycles. The van der Waals surface area contributed by atoms with Crippen molar-refractivity contribution in [3.63, 3.8) is 0 Å². The van der Waals surface area contributed by atoms with Crippen molar-refractivity contribution in [2.24, 2.45) is 0 Å². The van der Waals surface area contributed by atoms with Crippen LogP contribution in [-0.4, -0.2) is 11.9 Å². The molecule has 5 heteroatoms. The van der Waals surface area contributed by atoms with Crippen LogP contribution in [0.4, 0.5) is 13.2 Å². The first-order valence-electron chi connectivity index (χ1n) is 6.61. The number of rotatable bonds is 3. The van der Waals surface area contributed by atoms with Gasteiger partial charge in [0.25, 0.3) is 0 Å². The molecule has 108 valence electrons.